The summed E-state index contributed by atoms with van der Waals surface area (Å²) in [5.41, 5.74) is 2.05. The van der Waals surface area contributed by atoms with Gasteiger partial charge < -0.3 is 15.4 Å². The second kappa shape index (κ2) is 10.1. The third-order valence-electron chi connectivity index (χ3n) is 4.57. The average Bonchev–Trinajstić information content (AvgIpc) is 2.82. The normalized spacial score (nSPS) is 10.5. The monoisotopic (exact) mass is 463 g/mol. The Kier molecular flexibility index (Phi) is 6.75. The number of urea groups is 1. The number of amides is 2. The molecule has 4 aromatic rings. The summed E-state index contributed by atoms with van der Waals surface area (Å²) in [5.74, 6) is 0.190. The van der Waals surface area contributed by atoms with E-state index in [9.17, 15) is 9.18 Å². The number of aryl methyl sites for hydroxylation is 1. The first-order chi connectivity index (χ1) is 16.0. The van der Waals surface area contributed by atoms with Crippen LogP contribution in [0, 0.1) is 5.82 Å². The van der Waals surface area contributed by atoms with Gasteiger partial charge in [-0.25, -0.2) is 24.1 Å². The Morgan fingerprint density at radius 2 is 1.76 bits per heavy atom. The van der Waals surface area contributed by atoms with Gasteiger partial charge in [0.25, 0.3) is 0 Å². The van der Waals surface area contributed by atoms with E-state index in [-0.39, 0.29) is 17.3 Å². The Morgan fingerprint density at radius 3 is 2.52 bits per heavy atom. The number of hydrogen-bond acceptors (Lipinski definition) is 5. The van der Waals surface area contributed by atoms with Crippen molar-refractivity contribution in [3.8, 4) is 22.9 Å². The van der Waals surface area contributed by atoms with Crippen molar-refractivity contribution in [2.45, 2.75) is 13.3 Å². The number of aromatic nitrogens is 3. The lowest BCUT2D eigenvalue weighted by Gasteiger charge is -2.12. The molecule has 0 aliphatic heterocycles. The molecule has 7 nitrogen and oxygen atoms in total. The fourth-order valence-corrected chi connectivity index (χ4v) is 3.10. The standard InChI is InChI=1S/C24H19ClFN5O2/c1-2-22-27-13-11-20(31-22)18-4-3-12-28-23(18)33-21-10-9-17(14-19(21)26)30-24(32)29-16-7-5-15(25)6-8-16/h3-14H,2H2,1H3,(H2,29,30,32). The van der Waals surface area contributed by atoms with Crippen LogP contribution in [0.5, 0.6) is 11.6 Å². The van der Waals surface area contributed by atoms with Crippen LogP contribution in [0.25, 0.3) is 11.3 Å². The molecular formula is C24H19ClFN5O2. The molecule has 2 N–H and O–H groups in total. The quantitative estimate of drug-likeness (QED) is 0.348. The van der Waals surface area contributed by atoms with Gasteiger partial charge in [-0.2, -0.15) is 0 Å². The summed E-state index contributed by atoms with van der Waals surface area (Å²) in [6.45, 7) is 1.96. The maximum atomic E-state index is 14.7. The zero-order valence-corrected chi connectivity index (χ0v) is 18.3. The number of carbonyl (C=O) groups is 1. The zero-order chi connectivity index (χ0) is 23.2. The zero-order valence-electron chi connectivity index (χ0n) is 17.5. The minimum atomic E-state index is -0.659. The summed E-state index contributed by atoms with van der Waals surface area (Å²) in [7, 11) is 0. The van der Waals surface area contributed by atoms with Crippen LogP contribution in [0.4, 0.5) is 20.6 Å². The number of carbonyl (C=O) groups excluding carboxylic acids is 1. The predicted molar refractivity (Wildman–Crippen MR) is 125 cm³/mol. The van der Waals surface area contributed by atoms with Crippen LogP contribution < -0.4 is 15.4 Å². The second-order valence-corrected chi connectivity index (χ2v) is 7.34. The van der Waals surface area contributed by atoms with Gasteiger partial charge in [-0.1, -0.05) is 18.5 Å². The number of benzene rings is 2. The molecule has 2 amide bonds. The first-order valence-corrected chi connectivity index (χ1v) is 10.5. The van der Waals surface area contributed by atoms with Crippen LogP contribution in [0.3, 0.4) is 0 Å². The molecule has 0 saturated heterocycles. The molecule has 2 heterocycles. The second-order valence-electron chi connectivity index (χ2n) is 6.90. The molecule has 2 aromatic heterocycles. The van der Waals surface area contributed by atoms with Gasteiger partial charge in [0.15, 0.2) is 11.6 Å². The molecule has 0 bridgehead atoms. The number of hydrogen-bond donors (Lipinski definition) is 2. The van der Waals surface area contributed by atoms with Crippen LogP contribution in [-0.2, 0) is 6.42 Å². The van der Waals surface area contributed by atoms with E-state index in [2.05, 4.69) is 25.6 Å². The lowest BCUT2D eigenvalue weighted by atomic mass is 10.2. The summed E-state index contributed by atoms with van der Waals surface area (Å²) in [6, 6.07) is 15.5. The third-order valence-corrected chi connectivity index (χ3v) is 4.82. The number of pyridine rings is 1. The summed E-state index contributed by atoms with van der Waals surface area (Å²) in [6.07, 6.45) is 3.89. The molecule has 0 saturated carbocycles. The number of anilines is 2. The minimum absolute atomic E-state index is 0.0385. The molecule has 0 fully saturated rings. The molecule has 33 heavy (non-hydrogen) atoms. The van der Waals surface area contributed by atoms with E-state index in [4.69, 9.17) is 16.3 Å². The maximum Gasteiger partial charge on any atom is 0.323 e. The lowest BCUT2D eigenvalue weighted by Crippen LogP contribution is -2.19. The van der Waals surface area contributed by atoms with Crippen molar-refractivity contribution in [1.29, 1.82) is 0 Å². The van der Waals surface area contributed by atoms with Crippen LogP contribution >= 0.6 is 11.6 Å². The highest BCUT2D eigenvalue weighted by Gasteiger charge is 2.14. The molecule has 166 valence electrons. The van der Waals surface area contributed by atoms with Gasteiger partial charge in [0.2, 0.25) is 5.88 Å². The Bertz CT molecular complexity index is 1280. The van der Waals surface area contributed by atoms with Gasteiger partial charge in [-0.05, 0) is 54.6 Å². The van der Waals surface area contributed by atoms with Crippen molar-refractivity contribution in [3.05, 3.63) is 89.7 Å². The van der Waals surface area contributed by atoms with Crippen LogP contribution in [0.1, 0.15) is 12.7 Å². The van der Waals surface area contributed by atoms with Gasteiger partial charge >= 0.3 is 6.03 Å². The summed E-state index contributed by atoms with van der Waals surface area (Å²) >= 11 is 5.83. The maximum absolute atomic E-state index is 14.7. The number of rotatable bonds is 6. The highest BCUT2D eigenvalue weighted by Crippen LogP contribution is 2.32. The topological polar surface area (TPSA) is 89.0 Å². The fraction of sp³-hybridized carbons (Fsp3) is 0.0833. The predicted octanol–water partition coefficient (Wildman–Crippen LogP) is 6.33. The molecule has 0 spiro atoms. The number of nitrogens with one attached hydrogen (secondary N) is 2. The summed E-state index contributed by atoms with van der Waals surface area (Å²) in [5, 5.41) is 5.77. The van der Waals surface area contributed by atoms with E-state index in [1.54, 1.807) is 54.9 Å². The van der Waals surface area contributed by atoms with E-state index in [0.29, 0.717) is 34.2 Å². The van der Waals surface area contributed by atoms with Gasteiger partial charge in [-0.15, -0.1) is 0 Å². The van der Waals surface area contributed by atoms with Gasteiger partial charge in [0.1, 0.15) is 5.82 Å². The summed E-state index contributed by atoms with van der Waals surface area (Å²) < 4.78 is 20.5. The van der Waals surface area contributed by atoms with Gasteiger partial charge in [0, 0.05) is 41.3 Å². The van der Waals surface area contributed by atoms with Gasteiger partial charge in [-0.3, -0.25) is 0 Å². The van der Waals surface area contributed by atoms with E-state index in [1.807, 2.05) is 6.92 Å². The Balaban J connectivity index is 1.49. The highest BCUT2D eigenvalue weighted by molar-refractivity contribution is 6.30. The summed E-state index contributed by atoms with van der Waals surface area (Å²) in [4.78, 5) is 25.1. The van der Waals surface area contributed by atoms with Crippen LogP contribution in [0.2, 0.25) is 5.02 Å². The van der Waals surface area contributed by atoms with E-state index in [0.717, 1.165) is 0 Å². The average molecular weight is 464 g/mol. The van der Waals surface area contributed by atoms with E-state index < -0.39 is 11.8 Å². The molecule has 0 unspecified atom stereocenters. The highest BCUT2D eigenvalue weighted by atomic mass is 35.5. The van der Waals surface area contributed by atoms with E-state index >= 15 is 0 Å². The number of nitrogens with zero attached hydrogens (tertiary/aromatic N) is 3. The minimum Gasteiger partial charge on any atom is -0.435 e. The molecule has 0 atom stereocenters. The molecule has 4 rings (SSSR count). The van der Waals surface area contributed by atoms with Crippen LogP contribution in [-0.4, -0.2) is 21.0 Å². The Hall–Kier alpha value is -4.04. The Labute approximate surface area is 194 Å². The Morgan fingerprint density at radius 1 is 1.00 bits per heavy atom. The molecule has 0 radical (unpaired) electrons. The molecule has 9 heteroatoms. The lowest BCUT2D eigenvalue weighted by molar-refractivity contribution is 0.262. The van der Waals surface area contributed by atoms with Crippen molar-refractivity contribution in [3.63, 3.8) is 0 Å². The largest absolute Gasteiger partial charge is 0.435 e. The molecular weight excluding hydrogens is 445 g/mol. The van der Waals surface area contributed by atoms with Crippen molar-refractivity contribution in [1.82, 2.24) is 15.0 Å². The van der Waals surface area contributed by atoms with E-state index in [1.165, 1.54) is 18.2 Å². The first kappa shape index (κ1) is 22.2. The SMILES string of the molecule is CCc1nccc(-c2cccnc2Oc2ccc(NC(=O)Nc3ccc(Cl)cc3)cc2F)n1. The van der Waals surface area contributed by atoms with Crippen molar-refractivity contribution in [2.75, 3.05) is 10.6 Å². The first-order valence-electron chi connectivity index (χ1n) is 10.1. The fourth-order valence-electron chi connectivity index (χ4n) is 2.98. The molecule has 0 aliphatic carbocycles. The smallest absolute Gasteiger partial charge is 0.323 e. The van der Waals surface area contributed by atoms with Crippen molar-refractivity contribution < 1.29 is 13.9 Å². The number of halogens is 2. The number of ether oxygens (including phenoxy) is 1. The van der Waals surface area contributed by atoms with Crippen molar-refractivity contribution in [2.24, 2.45) is 0 Å². The van der Waals surface area contributed by atoms with Crippen molar-refractivity contribution >= 4 is 29.0 Å². The molecule has 0 aliphatic rings. The third kappa shape index (κ3) is 5.61. The molecule has 2 aromatic carbocycles. The van der Waals surface area contributed by atoms with Gasteiger partial charge in [0.05, 0.1) is 11.3 Å². The van der Waals surface area contributed by atoms with Crippen LogP contribution in [0.15, 0.2) is 73.1 Å².